The lowest BCUT2D eigenvalue weighted by Crippen LogP contribution is -2.17. The fraction of sp³-hybridized carbons (Fsp3) is 0.600. The highest BCUT2D eigenvalue weighted by Gasteiger charge is 2.16. The maximum Gasteiger partial charge on any atom is 0.119 e. The molecule has 0 heterocycles. The third-order valence-corrected chi connectivity index (χ3v) is 3.32. The van der Waals surface area contributed by atoms with Crippen molar-refractivity contribution in [3.8, 4) is 5.75 Å². The van der Waals surface area contributed by atoms with Gasteiger partial charge in [-0.1, -0.05) is 13.0 Å². The largest absolute Gasteiger partial charge is 0.491 e. The molecule has 0 saturated carbocycles. The van der Waals surface area contributed by atoms with Gasteiger partial charge in [-0.05, 0) is 48.9 Å². The summed E-state index contributed by atoms with van der Waals surface area (Å²) in [5.41, 5.74) is 8.73. The highest BCUT2D eigenvalue weighted by molar-refractivity contribution is 5.38. The minimum absolute atomic E-state index is 0.204. The molecule has 0 fully saturated rings. The van der Waals surface area contributed by atoms with Gasteiger partial charge < -0.3 is 15.2 Å². The molecule has 2 N–H and O–H groups in total. The number of rotatable bonds is 6. The van der Waals surface area contributed by atoms with Gasteiger partial charge in [0.25, 0.3) is 0 Å². The molecule has 1 aromatic rings. The summed E-state index contributed by atoms with van der Waals surface area (Å²) in [6, 6.07) is 6.47. The predicted molar refractivity (Wildman–Crippen MR) is 72.9 cm³/mol. The topological polar surface area (TPSA) is 44.5 Å². The molecule has 0 amide bonds. The maximum absolute atomic E-state index is 6.09. The van der Waals surface area contributed by atoms with Crippen molar-refractivity contribution >= 4 is 0 Å². The summed E-state index contributed by atoms with van der Waals surface area (Å²) < 4.78 is 11.1. The quantitative estimate of drug-likeness (QED) is 0.788. The minimum atomic E-state index is 0.204. The van der Waals surface area contributed by atoms with Crippen molar-refractivity contribution in [3.05, 3.63) is 29.3 Å². The summed E-state index contributed by atoms with van der Waals surface area (Å²) in [7, 11) is 0. The van der Waals surface area contributed by atoms with Crippen molar-refractivity contribution in [2.45, 2.75) is 38.6 Å². The Kier molecular flexibility index (Phi) is 5.02. The van der Waals surface area contributed by atoms with Crippen LogP contribution in [-0.2, 0) is 11.2 Å². The van der Waals surface area contributed by atoms with Crippen LogP contribution in [0.15, 0.2) is 18.2 Å². The summed E-state index contributed by atoms with van der Waals surface area (Å²) in [6.45, 7) is 4.19. The van der Waals surface area contributed by atoms with Crippen LogP contribution in [0, 0.1) is 0 Å². The van der Waals surface area contributed by atoms with Crippen molar-refractivity contribution in [2.24, 2.45) is 5.73 Å². The molecule has 0 radical (unpaired) electrons. The van der Waals surface area contributed by atoms with E-state index in [9.17, 15) is 0 Å². The van der Waals surface area contributed by atoms with E-state index in [0.717, 1.165) is 31.6 Å². The maximum atomic E-state index is 6.09. The van der Waals surface area contributed by atoms with Gasteiger partial charge in [-0.25, -0.2) is 0 Å². The molecule has 2 rings (SSSR count). The van der Waals surface area contributed by atoms with Crippen molar-refractivity contribution in [1.29, 1.82) is 0 Å². The van der Waals surface area contributed by atoms with E-state index in [-0.39, 0.29) is 6.04 Å². The predicted octanol–water partition coefficient (Wildman–Crippen LogP) is 2.83. The molecule has 0 aliphatic heterocycles. The Morgan fingerprint density at radius 3 is 3.00 bits per heavy atom. The van der Waals surface area contributed by atoms with Gasteiger partial charge in [-0.15, -0.1) is 0 Å². The van der Waals surface area contributed by atoms with E-state index >= 15 is 0 Å². The molecule has 1 unspecified atom stereocenters. The van der Waals surface area contributed by atoms with Crippen molar-refractivity contribution < 1.29 is 9.47 Å². The smallest absolute Gasteiger partial charge is 0.119 e. The first kappa shape index (κ1) is 13.4. The molecule has 0 bridgehead atoms. The molecule has 0 aromatic heterocycles. The number of benzene rings is 1. The van der Waals surface area contributed by atoms with Crippen molar-refractivity contribution in [3.63, 3.8) is 0 Å². The molecule has 1 aromatic carbocycles. The lowest BCUT2D eigenvalue weighted by molar-refractivity contribution is 0.101. The Morgan fingerprint density at radius 1 is 1.28 bits per heavy atom. The molecular formula is C15H23NO2. The lowest BCUT2D eigenvalue weighted by atomic mass is 9.88. The van der Waals surface area contributed by atoms with E-state index in [4.69, 9.17) is 15.2 Å². The molecule has 1 atom stereocenters. The molecule has 0 spiro atoms. The number of aryl methyl sites for hydroxylation is 1. The summed E-state index contributed by atoms with van der Waals surface area (Å²) in [6.07, 6.45) is 4.44. The van der Waals surface area contributed by atoms with Crippen LogP contribution in [-0.4, -0.2) is 19.8 Å². The van der Waals surface area contributed by atoms with Crippen LogP contribution in [0.3, 0.4) is 0 Å². The molecule has 18 heavy (non-hydrogen) atoms. The minimum Gasteiger partial charge on any atom is -0.491 e. The van der Waals surface area contributed by atoms with Gasteiger partial charge in [0.15, 0.2) is 0 Å². The Bertz CT molecular complexity index is 379. The second-order valence-corrected chi connectivity index (χ2v) is 4.82. The molecule has 100 valence electrons. The zero-order valence-electron chi connectivity index (χ0n) is 11.2. The van der Waals surface area contributed by atoms with Gasteiger partial charge in [-0.2, -0.15) is 0 Å². The Hall–Kier alpha value is -1.06. The van der Waals surface area contributed by atoms with Crippen LogP contribution in [0.4, 0.5) is 0 Å². The SMILES string of the molecule is CCCOCCOc1ccc2c(c1)CCCC2N. The molecule has 3 heteroatoms. The van der Waals surface area contributed by atoms with E-state index in [0.29, 0.717) is 13.2 Å². The second-order valence-electron chi connectivity index (χ2n) is 4.82. The fourth-order valence-corrected chi connectivity index (χ4v) is 2.38. The third-order valence-electron chi connectivity index (χ3n) is 3.32. The third kappa shape index (κ3) is 3.47. The zero-order valence-corrected chi connectivity index (χ0v) is 11.2. The number of hydrogen-bond donors (Lipinski definition) is 1. The first-order valence-corrected chi connectivity index (χ1v) is 6.90. The summed E-state index contributed by atoms with van der Waals surface area (Å²) in [5, 5.41) is 0. The molecule has 3 nitrogen and oxygen atoms in total. The summed E-state index contributed by atoms with van der Waals surface area (Å²) in [5.74, 6) is 0.933. The lowest BCUT2D eigenvalue weighted by Gasteiger charge is -2.22. The zero-order chi connectivity index (χ0) is 12.8. The van der Waals surface area contributed by atoms with Crippen LogP contribution in [0.5, 0.6) is 5.75 Å². The monoisotopic (exact) mass is 249 g/mol. The first-order chi connectivity index (χ1) is 8.81. The summed E-state index contributed by atoms with van der Waals surface area (Å²) in [4.78, 5) is 0. The van der Waals surface area contributed by atoms with Gasteiger partial charge in [0.05, 0.1) is 6.61 Å². The van der Waals surface area contributed by atoms with E-state index in [1.165, 1.54) is 17.5 Å². The number of nitrogens with two attached hydrogens (primary N) is 1. The van der Waals surface area contributed by atoms with Gasteiger partial charge in [0.2, 0.25) is 0 Å². The van der Waals surface area contributed by atoms with E-state index < -0.39 is 0 Å². The van der Waals surface area contributed by atoms with Crippen LogP contribution >= 0.6 is 0 Å². The van der Waals surface area contributed by atoms with Gasteiger partial charge in [-0.3, -0.25) is 0 Å². The van der Waals surface area contributed by atoms with Crippen LogP contribution in [0.25, 0.3) is 0 Å². The first-order valence-electron chi connectivity index (χ1n) is 6.90. The van der Waals surface area contributed by atoms with E-state index in [1.807, 2.05) is 6.07 Å². The summed E-state index contributed by atoms with van der Waals surface area (Å²) >= 11 is 0. The molecule has 1 aliphatic rings. The average molecular weight is 249 g/mol. The van der Waals surface area contributed by atoms with Crippen LogP contribution in [0.1, 0.15) is 43.4 Å². The molecule has 1 aliphatic carbocycles. The number of fused-ring (bicyclic) bond motifs is 1. The van der Waals surface area contributed by atoms with Crippen molar-refractivity contribution in [1.82, 2.24) is 0 Å². The van der Waals surface area contributed by atoms with Gasteiger partial charge in [0.1, 0.15) is 12.4 Å². The van der Waals surface area contributed by atoms with Gasteiger partial charge >= 0.3 is 0 Å². The number of hydrogen-bond acceptors (Lipinski definition) is 3. The highest BCUT2D eigenvalue weighted by atomic mass is 16.5. The second kappa shape index (κ2) is 6.76. The normalized spacial score (nSPS) is 18.4. The highest BCUT2D eigenvalue weighted by Crippen LogP contribution is 2.30. The van der Waals surface area contributed by atoms with Crippen LogP contribution < -0.4 is 10.5 Å². The molecule has 0 saturated heterocycles. The Morgan fingerprint density at radius 2 is 2.17 bits per heavy atom. The standard InChI is InChI=1S/C15H23NO2/c1-2-8-17-9-10-18-13-6-7-14-12(11-13)4-3-5-15(14)16/h6-7,11,15H,2-5,8-10,16H2,1H3. The molecular weight excluding hydrogens is 226 g/mol. The van der Waals surface area contributed by atoms with E-state index in [2.05, 4.69) is 19.1 Å². The Balaban J connectivity index is 1.87. The average Bonchev–Trinajstić information content (AvgIpc) is 2.39. The fourth-order valence-electron chi connectivity index (χ4n) is 2.38. The van der Waals surface area contributed by atoms with Crippen molar-refractivity contribution in [2.75, 3.05) is 19.8 Å². The van der Waals surface area contributed by atoms with Crippen LogP contribution in [0.2, 0.25) is 0 Å². The Labute approximate surface area is 109 Å². The van der Waals surface area contributed by atoms with E-state index in [1.54, 1.807) is 0 Å². The number of ether oxygens (including phenoxy) is 2. The van der Waals surface area contributed by atoms with Gasteiger partial charge in [0, 0.05) is 12.6 Å².